The number of amides is 1. The van der Waals surface area contributed by atoms with E-state index in [0.717, 1.165) is 18.8 Å². The zero-order chi connectivity index (χ0) is 15.4. The number of hydrogen-bond acceptors (Lipinski definition) is 7. The molecule has 1 saturated heterocycles. The first kappa shape index (κ1) is 20.7. The van der Waals surface area contributed by atoms with Gasteiger partial charge in [-0.25, -0.2) is 0 Å². The van der Waals surface area contributed by atoms with Gasteiger partial charge in [-0.1, -0.05) is 17.4 Å². The van der Waals surface area contributed by atoms with Crippen LogP contribution >= 0.6 is 36.2 Å². The van der Waals surface area contributed by atoms with Gasteiger partial charge in [-0.15, -0.1) is 35.0 Å². The molecule has 3 heterocycles. The molecular weight excluding hydrogens is 373 g/mol. The van der Waals surface area contributed by atoms with E-state index >= 15 is 0 Å². The Bertz CT molecular complexity index is 650. The third kappa shape index (κ3) is 4.40. The van der Waals surface area contributed by atoms with Crippen LogP contribution in [0.4, 0.5) is 5.13 Å². The number of methoxy groups -OCH3 is 1. The fraction of sp³-hybridized carbons (Fsp3) is 0.429. The lowest BCUT2D eigenvalue weighted by atomic mass is 9.91. The number of halogens is 2. The number of ether oxygens (including phenoxy) is 1. The molecule has 0 unspecified atom stereocenters. The van der Waals surface area contributed by atoms with E-state index in [1.54, 1.807) is 13.3 Å². The number of rotatable bonds is 4. The van der Waals surface area contributed by atoms with Crippen LogP contribution in [-0.2, 0) is 9.53 Å². The molecule has 0 saturated carbocycles. The lowest BCUT2D eigenvalue weighted by Crippen LogP contribution is -2.51. The van der Waals surface area contributed by atoms with Crippen molar-refractivity contribution in [2.75, 3.05) is 25.5 Å². The summed E-state index contributed by atoms with van der Waals surface area (Å²) in [5.74, 6) is -0.166. The number of piperidine rings is 1. The zero-order valence-electron chi connectivity index (χ0n) is 13.0. The number of aromatic nitrogens is 3. The molecule has 0 spiro atoms. The number of nitrogens with zero attached hydrogens (tertiary/aromatic N) is 3. The van der Waals surface area contributed by atoms with Gasteiger partial charge in [0, 0.05) is 13.3 Å². The van der Waals surface area contributed by atoms with Crippen LogP contribution in [0.5, 0.6) is 0 Å². The molecule has 7 nitrogen and oxygen atoms in total. The second kappa shape index (κ2) is 9.24. The number of pyridine rings is 1. The molecule has 1 aliphatic rings. The van der Waals surface area contributed by atoms with Crippen LogP contribution in [0.2, 0.25) is 0 Å². The van der Waals surface area contributed by atoms with Gasteiger partial charge in [0.15, 0.2) is 5.01 Å². The van der Waals surface area contributed by atoms with Gasteiger partial charge < -0.3 is 10.1 Å². The smallest absolute Gasteiger partial charge is 0.258 e. The summed E-state index contributed by atoms with van der Waals surface area (Å²) in [5.41, 5.74) is -0.0500. The summed E-state index contributed by atoms with van der Waals surface area (Å²) in [6.45, 7) is 1.52. The van der Waals surface area contributed by atoms with Crippen LogP contribution < -0.4 is 10.6 Å². The number of anilines is 1. The van der Waals surface area contributed by atoms with Gasteiger partial charge in [0.1, 0.15) is 11.3 Å². The average molecular weight is 392 g/mol. The monoisotopic (exact) mass is 391 g/mol. The molecule has 2 aromatic rings. The van der Waals surface area contributed by atoms with Crippen molar-refractivity contribution in [3.8, 4) is 10.7 Å². The SMILES string of the molecule is COC1(C(=O)Nc2nnc(-c3ccccn3)s2)CCNCC1.Cl.Cl. The Kier molecular flexibility index (Phi) is 7.98. The van der Waals surface area contributed by atoms with Gasteiger partial charge in [-0.3, -0.25) is 15.1 Å². The third-order valence-electron chi connectivity index (χ3n) is 3.75. The van der Waals surface area contributed by atoms with E-state index in [0.29, 0.717) is 23.0 Å². The first-order valence-corrected chi connectivity index (χ1v) is 7.87. The van der Waals surface area contributed by atoms with E-state index in [4.69, 9.17) is 4.74 Å². The highest BCUT2D eigenvalue weighted by Crippen LogP contribution is 2.28. The van der Waals surface area contributed by atoms with Crippen molar-refractivity contribution in [3.63, 3.8) is 0 Å². The fourth-order valence-corrected chi connectivity index (χ4v) is 3.15. The van der Waals surface area contributed by atoms with Crippen LogP contribution in [0.3, 0.4) is 0 Å². The average Bonchev–Trinajstić information content (AvgIpc) is 3.05. The Labute approximate surface area is 156 Å². The van der Waals surface area contributed by atoms with E-state index in [-0.39, 0.29) is 30.7 Å². The fourth-order valence-electron chi connectivity index (χ4n) is 2.43. The minimum Gasteiger partial charge on any atom is -0.368 e. The quantitative estimate of drug-likeness (QED) is 0.829. The minimum atomic E-state index is -0.790. The third-order valence-corrected chi connectivity index (χ3v) is 4.61. The van der Waals surface area contributed by atoms with Gasteiger partial charge in [0.05, 0.1) is 0 Å². The summed E-state index contributed by atoms with van der Waals surface area (Å²) in [5, 5.41) is 15.3. The van der Waals surface area contributed by atoms with E-state index < -0.39 is 5.60 Å². The van der Waals surface area contributed by atoms with Gasteiger partial charge in [-0.05, 0) is 38.1 Å². The minimum absolute atomic E-state index is 0. The van der Waals surface area contributed by atoms with Crippen LogP contribution in [0.15, 0.2) is 24.4 Å². The largest absolute Gasteiger partial charge is 0.368 e. The van der Waals surface area contributed by atoms with Crippen molar-refractivity contribution in [2.45, 2.75) is 18.4 Å². The van der Waals surface area contributed by atoms with E-state index in [2.05, 4.69) is 25.8 Å². The number of nitrogens with one attached hydrogen (secondary N) is 2. The van der Waals surface area contributed by atoms with Crippen LogP contribution in [0, 0.1) is 0 Å². The molecule has 1 fully saturated rings. The lowest BCUT2D eigenvalue weighted by Gasteiger charge is -2.34. The van der Waals surface area contributed by atoms with Gasteiger partial charge in [-0.2, -0.15) is 0 Å². The van der Waals surface area contributed by atoms with Crippen molar-refractivity contribution in [3.05, 3.63) is 24.4 Å². The first-order chi connectivity index (χ1) is 10.7. The summed E-state index contributed by atoms with van der Waals surface area (Å²) in [7, 11) is 1.57. The second-order valence-corrected chi connectivity index (χ2v) is 6.01. The van der Waals surface area contributed by atoms with Gasteiger partial charge in [0.2, 0.25) is 5.13 Å². The summed E-state index contributed by atoms with van der Waals surface area (Å²) in [4.78, 5) is 16.7. The Morgan fingerprint density at radius 2 is 2.04 bits per heavy atom. The van der Waals surface area contributed by atoms with Crippen molar-refractivity contribution in [2.24, 2.45) is 0 Å². The molecule has 1 aliphatic heterocycles. The van der Waals surface area contributed by atoms with Crippen LogP contribution in [0.1, 0.15) is 12.8 Å². The number of carbonyl (C=O) groups excluding carboxylic acids is 1. The molecule has 2 N–H and O–H groups in total. The normalized spacial score (nSPS) is 15.7. The lowest BCUT2D eigenvalue weighted by molar-refractivity contribution is -0.140. The van der Waals surface area contributed by atoms with Crippen molar-refractivity contribution >= 4 is 47.2 Å². The van der Waals surface area contributed by atoms with Crippen molar-refractivity contribution in [1.29, 1.82) is 0 Å². The van der Waals surface area contributed by atoms with Crippen LogP contribution in [-0.4, -0.2) is 46.9 Å². The Hall–Kier alpha value is -1.32. The Morgan fingerprint density at radius 3 is 2.67 bits per heavy atom. The second-order valence-electron chi connectivity index (χ2n) is 5.03. The maximum atomic E-state index is 12.5. The van der Waals surface area contributed by atoms with Gasteiger partial charge in [0.25, 0.3) is 5.91 Å². The highest BCUT2D eigenvalue weighted by molar-refractivity contribution is 7.18. The van der Waals surface area contributed by atoms with Gasteiger partial charge >= 0.3 is 0 Å². The van der Waals surface area contributed by atoms with E-state index in [1.807, 2.05) is 18.2 Å². The molecule has 0 aliphatic carbocycles. The Balaban J connectivity index is 0.00000144. The highest BCUT2D eigenvalue weighted by atomic mass is 35.5. The number of carbonyl (C=O) groups is 1. The molecule has 3 rings (SSSR count). The Morgan fingerprint density at radius 1 is 1.29 bits per heavy atom. The maximum absolute atomic E-state index is 12.5. The standard InChI is InChI=1S/C14H17N5O2S.2ClH/c1-21-14(5-8-15-9-6-14)12(20)17-13-19-18-11(22-13)10-4-2-3-7-16-10;;/h2-4,7,15H,5-6,8-9H2,1H3,(H,17,19,20);2*1H. The summed E-state index contributed by atoms with van der Waals surface area (Å²) in [6, 6.07) is 5.58. The number of hydrogen-bond donors (Lipinski definition) is 2. The molecule has 0 aromatic carbocycles. The molecular formula is C14H19Cl2N5O2S. The highest BCUT2D eigenvalue weighted by Gasteiger charge is 2.40. The molecule has 2 aromatic heterocycles. The van der Waals surface area contributed by atoms with Crippen molar-refractivity contribution < 1.29 is 9.53 Å². The predicted molar refractivity (Wildman–Crippen MR) is 98.1 cm³/mol. The molecule has 24 heavy (non-hydrogen) atoms. The summed E-state index contributed by atoms with van der Waals surface area (Å²) >= 11 is 1.30. The van der Waals surface area contributed by atoms with Crippen LogP contribution in [0.25, 0.3) is 10.7 Å². The van der Waals surface area contributed by atoms with E-state index in [9.17, 15) is 4.79 Å². The molecule has 1 amide bonds. The predicted octanol–water partition coefficient (Wildman–Crippen LogP) is 2.15. The summed E-state index contributed by atoms with van der Waals surface area (Å²) in [6.07, 6.45) is 2.98. The van der Waals surface area contributed by atoms with E-state index in [1.165, 1.54) is 11.3 Å². The van der Waals surface area contributed by atoms with Crippen molar-refractivity contribution in [1.82, 2.24) is 20.5 Å². The molecule has 132 valence electrons. The molecule has 0 radical (unpaired) electrons. The topological polar surface area (TPSA) is 89.0 Å². The molecule has 10 heteroatoms. The maximum Gasteiger partial charge on any atom is 0.258 e. The summed E-state index contributed by atoms with van der Waals surface area (Å²) < 4.78 is 5.50. The first-order valence-electron chi connectivity index (χ1n) is 7.06. The molecule has 0 atom stereocenters. The zero-order valence-corrected chi connectivity index (χ0v) is 15.5. The molecule has 0 bridgehead atoms.